The number of ether oxygens (including phenoxy) is 1. The van der Waals surface area contributed by atoms with Crippen molar-refractivity contribution in [3.05, 3.63) is 35.9 Å². The second-order valence-electron chi connectivity index (χ2n) is 7.26. The van der Waals surface area contributed by atoms with Crippen LogP contribution in [0.3, 0.4) is 0 Å². The van der Waals surface area contributed by atoms with Crippen LogP contribution in [0.1, 0.15) is 31.4 Å². The van der Waals surface area contributed by atoms with E-state index in [9.17, 15) is 13.2 Å². The molecule has 0 aromatic heterocycles. The van der Waals surface area contributed by atoms with Crippen LogP contribution in [0.15, 0.2) is 30.3 Å². The first-order valence-electron chi connectivity index (χ1n) is 9.60. The van der Waals surface area contributed by atoms with Gasteiger partial charge >= 0.3 is 5.97 Å². The number of hydrogen-bond donors (Lipinski definition) is 0. The summed E-state index contributed by atoms with van der Waals surface area (Å²) in [6.45, 7) is 4.52. The van der Waals surface area contributed by atoms with Crippen LogP contribution >= 0.6 is 0 Å². The average Bonchev–Trinajstić information content (AvgIpc) is 2.68. The van der Waals surface area contributed by atoms with E-state index in [4.69, 9.17) is 4.74 Å². The summed E-state index contributed by atoms with van der Waals surface area (Å²) in [4.78, 5) is 14.3. The molecule has 2 saturated heterocycles. The Labute approximate surface area is 162 Å². The minimum atomic E-state index is -3.65. The summed E-state index contributed by atoms with van der Waals surface area (Å²) in [7, 11) is -1.64. The minimum Gasteiger partial charge on any atom is -0.466 e. The van der Waals surface area contributed by atoms with Gasteiger partial charge in [0.15, 0.2) is 0 Å². The van der Waals surface area contributed by atoms with Gasteiger partial charge in [-0.05, 0) is 32.4 Å². The number of nitrogens with zero attached hydrogens (tertiary/aromatic N) is 3. The predicted octanol–water partition coefficient (Wildman–Crippen LogP) is 1.50. The molecule has 0 radical (unpaired) electrons. The fourth-order valence-electron chi connectivity index (χ4n) is 3.88. The smallest absolute Gasteiger partial charge is 0.310 e. The summed E-state index contributed by atoms with van der Waals surface area (Å²) in [6, 6.07) is 9.54. The standard InChI is InChI=1S/C19H29N3O4S/c1-3-26-19(23)17-10-7-11-21(14-17)27(24,25)22-13-12-20(2)15-18(22)16-8-5-4-6-9-16/h4-6,8-9,17-18H,3,7,10-15H2,1-2H3/t17-,18+/m1/s1. The van der Waals surface area contributed by atoms with E-state index in [0.29, 0.717) is 45.6 Å². The van der Waals surface area contributed by atoms with Crippen LogP contribution in [-0.2, 0) is 19.7 Å². The topological polar surface area (TPSA) is 70.2 Å². The summed E-state index contributed by atoms with van der Waals surface area (Å²) in [6.07, 6.45) is 1.35. The Morgan fingerprint density at radius 1 is 1.15 bits per heavy atom. The van der Waals surface area contributed by atoms with Gasteiger partial charge in [0, 0.05) is 32.7 Å². The van der Waals surface area contributed by atoms with Crippen molar-refractivity contribution >= 4 is 16.2 Å². The molecule has 2 fully saturated rings. The normalized spacial score (nSPS) is 26.0. The molecule has 2 heterocycles. The van der Waals surface area contributed by atoms with Crippen molar-refractivity contribution in [3.63, 3.8) is 0 Å². The van der Waals surface area contributed by atoms with Gasteiger partial charge in [-0.1, -0.05) is 30.3 Å². The van der Waals surface area contributed by atoms with E-state index < -0.39 is 10.2 Å². The molecule has 0 aliphatic carbocycles. The molecule has 7 nitrogen and oxygen atoms in total. The van der Waals surface area contributed by atoms with E-state index in [1.165, 1.54) is 4.31 Å². The number of benzene rings is 1. The second kappa shape index (κ2) is 8.68. The van der Waals surface area contributed by atoms with Crippen LogP contribution < -0.4 is 0 Å². The molecule has 1 aromatic carbocycles. The number of carbonyl (C=O) groups excluding carboxylic acids is 1. The SMILES string of the molecule is CCOC(=O)[C@@H]1CCCN(S(=O)(=O)N2CCN(C)C[C@H]2c2ccccc2)C1. The van der Waals surface area contributed by atoms with Crippen LogP contribution in [-0.4, -0.2) is 74.3 Å². The molecule has 8 heteroatoms. The van der Waals surface area contributed by atoms with Crippen molar-refractivity contribution in [2.45, 2.75) is 25.8 Å². The fraction of sp³-hybridized carbons (Fsp3) is 0.632. The van der Waals surface area contributed by atoms with Gasteiger partial charge in [-0.2, -0.15) is 17.0 Å². The Balaban J connectivity index is 1.82. The first kappa shape index (κ1) is 20.3. The predicted molar refractivity (Wildman–Crippen MR) is 103 cm³/mol. The molecular weight excluding hydrogens is 366 g/mol. The van der Waals surface area contributed by atoms with Crippen molar-refractivity contribution in [1.29, 1.82) is 0 Å². The maximum Gasteiger partial charge on any atom is 0.310 e. The van der Waals surface area contributed by atoms with E-state index in [0.717, 1.165) is 5.56 Å². The molecular formula is C19H29N3O4S. The second-order valence-corrected chi connectivity index (χ2v) is 9.14. The molecule has 3 rings (SSSR count). The summed E-state index contributed by atoms with van der Waals surface area (Å²) in [5.74, 6) is -0.675. The number of piperidine rings is 1. The highest BCUT2D eigenvalue weighted by Gasteiger charge is 2.41. The first-order valence-corrected chi connectivity index (χ1v) is 11.0. The molecule has 1 aromatic rings. The van der Waals surface area contributed by atoms with Gasteiger partial charge in [0.05, 0.1) is 18.6 Å². The molecule has 0 spiro atoms. The van der Waals surface area contributed by atoms with E-state index in [1.54, 1.807) is 11.2 Å². The van der Waals surface area contributed by atoms with Gasteiger partial charge in [0.1, 0.15) is 0 Å². The van der Waals surface area contributed by atoms with Crippen LogP contribution in [0, 0.1) is 5.92 Å². The minimum absolute atomic E-state index is 0.203. The first-order chi connectivity index (χ1) is 12.9. The van der Waals surface area contributed by atoms with Gasteiger partial charge < -0.3 is 9.64 Å². The van der Waals surface area contributed by atoms with E-state index in [1.807, 2.05) is 37.4 Å². The molecule has 0 N–H and O–H groups in total. The molecule has 150 valence electrons. The lowest BCUT2D eigenvalue weighted by Gasteiger charge is -2.42. The Morgan fingerprint density at radius 2 is 1.89 bits per heavy atom. The fourth-order valence-corrected chi connectivity index (χ4v) is 5.73. The highest BCUT2D eigenvalue weighted by atomic mass is 32.2. The van der Waals surface area contributed by atoms with Crippen molar-refractivity contribution < 1.29 is 17.9 Å². The Morgan fingerprint density at radius 3 is 2.59 bits per heavy atom. The number of rotatable bonds is 5. The van der Waals surface area contributed by atoms with E-state index in [-0.39, 0.29) is 24.5 Å². The van der Waals surface area contributed by atoms with Gasteiger partial charge in [-0.3, -0.25) is 4.79 Å². The molecule has 0 unspecified atom stereocenters. The molecule has 2 aliphatic rings. The van der Waals surface area contributed by atoms with Crippen molar-refractivity contribution in [2.24, 2.45) is 5.92 Å². The number of piperazine rings is 1. The lowest BCUT2D eigenvalue weighted by molar-refractivity contribution is -0.149. The Bertz CT molecular complexity index is 741. The van der Waals surface area contributed by atoms with E-state index in [2.05, 4.69) is 4.90 Å². The summed E-state index contributed by atoms with van der Waals surface area (Å²) in [5.41, 5.74) is 0.992. The zero-order valence-electron chi connectivity index (χ0n) is 16.1. The molecule has 27 heavy (non-hydrogen) atoms. The number of esters is 1. The van der Waals surface area contributed by atoms with Crippen LogP contribution in [0.25, 0.3) is 0 Å². The van der Waals surface area contributed by atoms with Gasteiger partial charge in [0.25, 0.3) is 10.2 Å². The highest BCUT2D eigenvalue weighted by Crippen LogP contribution is 2.31. The van der Waals surface area contributed by atoms with Crippen LogP contribution in [0.5, 0.6) is 0 Å². The summed E-state index contributed by atoms with van der Waals surface area (Å²) < 4.78 is 35.1. The monoisotopic (exact) mass is 395 g/mol. The molecule has 2 aliphatic heterocycles. The van der Waals surface area contributed by atoms with Gasteiger partial charge in [-0.25, -0.2) is 0 Å². The van der Waals surface area contributed by atoms with Crippen LogP contribution in [0.4, 0.5) is 0 Å². The summed E-state index contributed by atoms with van der Waals surface area (Å²) in [5, 5.41) is 0. The molecule has 2 atom stereocenters. The highest BCUT2D eigenvalue weighted by molar-refractivity contribution is 7.86. The number of carbonyl (C=O) groups is 1. The third-order valence-electron chi connectivity index (χ3n) is 5.35. The lowest BCUT2D eigenvalue weighted by atomic mass is 10.0. The average molecular weight is 396 g/mol. The number of hydrogen-bond acceptors (Lipinski definition) is 5. The maximum absolute atomic E-state index is 13.4. The quantitative estimate of drug-likeness (QED) is 0.707. The third-order valence-corrected chi connectivity index (χ3v) is 7.36. The zero-order chi connectivity index (χ0) is 19.4. The van der Waals surface area contributed by atoms with Crippen LogP contribution in [0.2, 0.25) is 0 Å². The van der Waals surface area contributed by atoms with Crippen molar-refractivity contribution in [2.75, 3.05) is 46.4 Å². The molecule has 0 saturated carbocycles. The Kier molecular flexibility index (Phi) is 6.52. The van der Waals surface area contributed by atoms with E-state index >= 15 is 0 Å². The maximum atomic E-state index is 13.4. The lowest BCUT2D eigenvalue weighted by Crippen LogP contribution is -2.55. The Hall–Kier alpha value is -1.48. The molecule has 0 amide bonds. The zero-order valence-corrected chi connectivity index (χ0v) is 16.9. The largest absolute Gasteiger partial charge is 0.466 e. The summed E-state index contributed by atoms with van der Waals surface area (Å²) >= 11 is 0. The van der Waals surface area contributed by atoms with Gasteiger partial charge in [-0.15, -0.1) is 0 Å². The number of likely N-dealkylation sites (N-methyl/N-ethyl adjacent to an activating group) is 1. The van der Waals surface area contributed by atoms with Crippen molar-refractivity contribution in [1.82, 2.24) is 13.5 Å². The molecule has 0 bridgehead atoms. The van der Waals surface area contributed by atoms with Gasteiger partial charge in [0.2, 0.25) is 0 Å². The third kappa shape index (κ3) is 4.51. The van der Waals surface area contributed by atoms with Crippen molar-refractivity contribution in [3.8, 4) is 0 Å².